The zero-order valence-electron chi connectivity index (χ0n) is 20.7. The van der Waals surface area contributed by atoms with Crippen molar-refractivity contribution in [1.82, 2.24) is 5.32 Å². The number of nitrogens with one attached hydrogen (secondary N) is 1. The molecular weight excluding hydrogens is 474 g/mol. The minimum absolute atomic E-state index is 0.121. The van der Waals surface area contributed by atoms with Crippen LogP contribution in [0, 0.1) is 11.6 Å². The summed E-state index contributed by atoms with van der Waals surface area (Å²) in [7, 11) is 1.21. The molecule has 5 nitrogen and oxygen atoms in total. The molecule has 1 heterocycles. The molecule has 0 saturated carbocycles. The summed E-state index contributed by atoms with van der Waals surface area (Å²) in [5.74, 6) is -1.42. The molecule has 1 N–H and O–H groups in total. The van der Waals surface area contributed by atoms with Crippen molar-refractivity contribution in [2.24, 2.45) is 0 Å². The van der Waals surface area contributed by atoms with E-state index in [0.717, 1.165) is 0 Å². The van der Waals surface area contributed by atoms with Gasteiger partial charge in [0.25, 0.3) is 0 Å². The van der Waals surface area contributed by atoms with Crippen molar-refractivity contribution < 1.29 is 23.0 Å². The molecule has 2 atom stereocenters. The van der Waals surface area contributed by atoms with Crippen molar-refractivity contribution in [2.45, 2.75) is 25.5 Å². The van der Waals surface area contributed by atoms with E-state index in [-0.39, 0.29) is 17.7 Å². The van der Waals surface area contributed by atoms with Crippen molar-refractivity contribution in [1.29, 1.82) is 0 Å². The normalized spacial score (nSPS) is 15.7. The van der Waals surface area contributed by atoms with E-state index in [4.69, 9.17) is 9.47 Å². The van der Waals surface area contributed by atoms with Crippen molar-refractivity contribution in [3.8, 4) is 5.75 Å². The fourth-order valence-corrected chi connectivity index (χ4v) is 4.87. The maximum atomic E-state index is 14.3. The highest BCUT2D eigenvalue weighted by atomic mass is 19.1. The Morgan fingerprint density at radius 3 is 2.73 bits per heavy atom. The van der Waals surface area contributed by atoms with Crippen LogP contribution < -0.4 is 15.0 Å². The number of anilines is 2. The standard InChI is InChI=1S/C30H28F2N2O3/c1-19(24-9-5-7-20-6-3-4-8-25(20)24)33-15-14-23-18-34(28-13-10-21(31)16-29(28)37-23)22-11-12-27(32)26(17-22)30(35)36-2/h3-13,16-17,19,23,33H,14-15,18H2,1-2H3/t19-,23?/m1/s1. The predicted molar refractivity (Wildman–Crippen MR) is 141 cm³/mol. The van der Waals surface area contributed by atoms with Crippen LogP contribution in [-0.4, -0.2) is 32.3 Å². The number of methoxy groups -OCH3 is 1. The first kappa shape index (κ1) is 24.7. The minimum Gasteiger partial charge on any atom is -0.486 e. The number of nitrogens with zero attached hydrogens (tertiary/aromatic N) is 1. The number of carbonyl (C=O) groups is 1. The molecule has 0 aliphatic carbocycles. The number of hydrogen-bond donors (Lipinski definition) is 1. The first-order valence-corrected chi connectivity index (χ1v) is 12.3. The maximum absolute atomic E-state index is 14.3. The minimum atomic E-state index is -0.755. The van der Waals surface area contributed by atoms with Crippen LogP contribution in [-0.2, 0) is 4.74 Å². The van der Waals surface area contributed by atoms with Gasteiger partial charge in [-0.05, 0) is 66.6 Å². The Balaban J connectivity index is 1.34. The van der Waals surface area contributed by atoms with Crippen LogP contribution in [0.25, 0.3) is 10.8 Å². The lowest BCUT2D eigenvalue weighted by Gasteiger charge is -2.36. The van der Waals surface area contributed by atoms with Gasteiger partial charge in [-0.3, -0.25) is 0 Å². The Hall–Kier alpha value is -3.97. The van der Waals surface area contributed by atoms with Gasteiger partial charge in [0.2, 0.25) is 0 Å². The average Bonchev–Trinajstić information content (AvgIpc) is 2.92. The monoisotopic (exact) mass is 502 g/mol. The van der Waals surface area contributed by atoms with Gasteiger partial charge in [0, 0.05) is 17.8 Å². The summed E-state index contributed by atoms with van der Waals surface area (Å²) in [5.41, 5.74) is 2.31. The van der Waals surface area contributed by atoms with Crippen molar-refractivity contribution in [2.75, 3.05) is 25.1 Å². The van der Waals surface area contributed by atoms with Gasteiger partial charge in [0.05, 0.1) is 24.9 Å². The third kappa shape index (κ3) is 5.13. The molecular formula is C30H28F2N2O3. The van der Waals surface area contributed by atoms with Crippen LogP contribution in [0.15, 0.2) is 78.9 Å². The molecule has 0 spiro atoms. The van der Waals surface area contributed by atoms with Crippen LogP contribution >= 0.6 is 0 Å². The van der Waals surface area contributed by atoms with Crippen LogP contribution in [0.5, 0.6) is 5.75 Å². The lowest BCUT2D eigenvalue weighted by molar-refractivity contribution is 0.0595. The average molecular weight is 503 g/mol. The molecule has 0 fully saturated rings. The van der Waals surface area contributed by atoms with Gasteiger partial charge in [-0.1, -0.05) is 42.5 Å². The molecule has 4 aromatic rings. The van der Waals surface area contributed by atoms with E-state index >= 15 is 0 Å². The molecule has 0 radical (unpaired) electrons. The van der Waals surface area contributed by atoms with Gasteiger partial charge in [0.1, 0.15) is 23.5 Å². The topological polar surface area (TPSA) is 50.8 Å². The largest absolute Gasteiger partial charge is 0.486 e. The Morgan fingerprint density at radius 1 is 1.08 bits per heavy atom. The van der Waals surface area contributed by atoms with Gasteiger partial charge < -0.3 is 19.7 Å². The van der Waals surface area contributed by atoms with E-state index in [1.165, 1.54) is 47.7 Å². The Bertz CT molecular complexity index is 1440. The van der Waals surface area contributed by atoms with E-state index in [1.807, 2.05) is 17.0 Å². The molecule has 1 aliphatic heterocycles. The highest BCUT2D eigenvalue weighted by Gasteiger charge is 2.28. The van der Waals surface area contributed by atoms with Crippen LogP contribution in [0.1, 0.15) is 35.3 Å². The molecule has 5 rings (SSSR count). The smallest absolute Gasteiger partial charge is 0.340 e. The van der Waals surface area contributed by atoms with Gasteiger partial charge in [-0.15, -0.1) is 0 Å². The number of carbonyl (C=O) groups excluding carboxylic acids is 1. The van der Waals surface area contributed by atoms with Crippen molar-refractivity contribution >= 4 is 28.1 Å². The first-order chi connectivity index (χ1) is 17.9. The van der Waals surface area contributed by atoms with Gasteiger partial charge >= 0.3 is 5.97 Å². The number of esters is 1. The first-order valence-electron chi connectivity index (χ1n) is 12.3. The van der Waals surface area contributed by atoms with Gasteiger partial charge in [-0.2, -0.15) is 0 Å². The Kier molecular flexibility index (Phi) is 7.06. The molecule has 0 bridgehead atoms. The van der Waals surface area contributed by atoms with Gasteiger partial charge in [-0.25, -0.2) is 13.6 Å². The van der Waals surface area contributed by atoms with Crippen LogP contribution in [0.2, 0.25) is 0 Å². The third-order valence-corrected chi connectivity index (χ3v) is 6.77. The molecule has 190 valence electrons. The molecule has 0 saturated heterocycles. The zero-order valence-corrected chi connectivity index (χ0v) is 20.7. The third-order valence-electron chi connectivity index (χ3n) is 6.77. The Morgan fingerprint density at radius 2 is 1.89 bits per heavy atom. The van der Waals surface area contributed by atoms with Crippen LogP contribution in [0.3, 0.4) is 0 Å². The summed E-state index contributed by atoms with van der Waals surface area (Å²) < 4.78 is 39.2. The molecule has 0 aromatic heterocycles. The maximum Gasteiger partial charge on any atom is 0.340 e. The summed E-state index contributed by atoms with van der Waals surface area (Å²) in [6.45, 7) is 3.26. The summed E-state index contributed by atoms with van der Waals surface area (Å²) in [6.07, 6.45) is 0.403. The summed E-state index contributed by atoms with van der Waals surface area (Å²) >= 11 is 0. The second-order valence-corrected chi connectivity index (χ2v) is 9.15. The van der Waals surface area contributed by atoms with E-state index in [9.17, 15) is 13.6 Å². The highest BCUT2D eigenvalue weighted by Crippen LogP contribution is 2.39. The molecule has 37 heavy (non-hydrogen) atoms. The second-order valence-electron chi connectivity index (χ2n) is 9.15. The quantitative estimate of drug-likeness (QED) is 0.291. The lowest BCUT2D eigenvalue weighted by Crippen LogP contribution is -2.39. The molecule has 0 amide bonds. The number of halogens is 2. The number of hydrogen-bond acceptors (Lipinski definition) is 5. The number of rotatable bonds is 7. The van der Waals surface area contributed by atoms with Crippen molar-refractivity contribution in [3.63, 3.8) is 0 Å². The predicted octanol–water partition coefficient (Wildman–Crippen LogP) is 6.54. The van der Waals surface area contributed by atoms with Crippen molar-refractivity contribution in [3.05, 3.63) is 102 Å². The zero-order chi connectivity index (χ0) is 25.9. The number of fused-ring (bicyclic) bond motifs is 2. The van der Waals surface area contributed by atoms with E-state index < -0.39 is 17.6 Å². The highest BCUT2D eigenvalue weighted by molar-refractivity contribution is 5.91. The van der Waals surface area contributed by atoms with E-state index in [0.29, 0.717) is 36.6 Å². The molecule has 1 aliphatic rings. The SMILES string of the molecule is COC(=O)c1cc(N2CC(CCN[C@H](C)c3cccc4ccccc34)Oc3cc(F)ccc32)ccc1F. The number of benzene rings is 4. The Labute approximate surface area is 214 Å². The molecule has 4 aromatic carbocycles. The summed E-state index contributed by atoms with van der Waals surface area (Å²) in [6, 6.07) is 23.4. The van der Waals surface area contributed by atoms with E-state index in [1.54, 1.807) is 12.1 Å². The lowest BCUT2D eigenvalue weighted by atomic mass is 9.99. The second kappa shape index (κ2) is 10.6. The summed E-state index contributed by atoms with van der Waals surface area (Å²) in [4.78, 5) is 14.0. The fourth-order valence-electron chi connectivity index (χ4n) is 4.87. The number of ether oxygens (including phenoxy) is 2. The molecule has 7 heteroatoms. The van der Waals surface area contributed by atoms with E-state index in [2.05, 4.69) is 42.6 Å². The molecule has 1 unspecified atom stereocenters. The fraction of sp³-hybridized carbons (Fsp3) is 0.233. The summed E-state index contributed by atoms with van der Waals surface area (Å²) in [5, 5.41) is 6.00. The van der Waals surface area contributed by atoms with Gasteiger partial charge in [0.15, 0.2) is 0 Å². The van der Waals surface area contributed by atoms with Crippen LogP contribution in [0.4, 0.5) is 20.2 Å².